The fraction of sp³-hybridized carbons (Fsp3) is 0.500. The van der Waals surface area contributed by atoms with Crippen molar-refractivity contribution in [2.75, 3.05) is 13.2 Å². The van der Waals surface area contributed by atoms with Crippen LogP contribution in [0, 0.1) is 5.41 Å². The van der Waals surface area contributed by atoms with Gasteiger partial charge in [0.2, 0.25) is 5.91 Å². The van der Waals surface area contributed by atoms with Crippen LogP contribution in [0.5, 0.6) is 6.01 Å². The molecule has 0 saturated carbocycles. The monoisotopic (exact) mass is 344 g/mol. The molecule has 1 aliphatic heterocycles. The van der Waals surface area contributed by atoms with E-state index < -0.39 is 6.04 Å². The Morgan fingerprint density at radius 3 is 2.80 bits per heavy atom. The summed E-state index contributed by atoms with van der Waals surface area (Å²) in [7, 11) is 0. The number of aromatic nitrogens is 2. The highest BCUT2D eigenvalue weighted by Gasteiger charge is 2.46. The van der Waals surface area contributed by atoms with E-state index in [0.717, 1.165) is 23.9 Å². The number of nitrogens with zero attached hydrogens (tertiary/aromatic N) is 1. The molecule has 1 atom stereocenters. The molecule has 0 radical (unpaired) electrons. The molecule has 134 valence electrons. The van der Waals surface area contributed by atoms with Crippen LogP contribution >= 0.6 is 0 Å². The number of carbonyl (C=O) groups is 2. The van der Waals surface area contributed by atoms with Gasteiger partial charge in [0, 0.05) is 17.5 Å². The number of aromatic amines is 1. The first-order chi connectivity index (χ1) is 12.0. The first-order valence-corrected chi connectivity index (χ1v) is 8.74. The maximum atomic E-state index is 12.7. The molecule has 1 saturated heterocycles. The standard InChI is InChI=1S/C18H24N4O3/c1-4-18(5-2)10-19-16(24)14(18)22-15(23)11-7-8-12-13(9-11)21-17(20-12)25-6-3/h7-9,14H,4-6,10H2,1-3H3,(H,19,24)(H,20,21)(H,22,23). The molecule has 0 bridgehead atoms. The molecule has 2 amide bonds. The van der Waals surface area contributed by atoms with E-state index in [1.54, 1.807) is 18.2 Å². The molecule has 2 heterocycles. The van der Waals surface area contributed by atoms with Gasteiger partial charge in [-0.3, -0.25) is 9.59 Å². The Kier molecular flexibility index (Phi) is 4.65. The van der Waals surface area contributed by atoms with Gasteiger partial charge in [-0.05, 0) is 38.0 Å². The van der Waals surface area contributed by atoms with Gasteiger partial charge in [-0.2, -0.15) is 4.98 Å². The molecule has 0 spiro atoms. The van der Waals surface area contributed by atoms with Crippen molar-refractivity contribution in [2.24, 2.45) is 5.41 Å². The van der Waals surface area contributed by atoms with Crippen molar-refractivity contribution in [3.63, 3.8) is 0 Å². The van der Waals surface area contributed by atoms with Crippen LogP contribution in [0.1, 0.15) is 44.0 Å². The Hall–Kier alpha value is -2.57. The molecule has 7 nitrogen and oxygen atoms in total. The molecule has 1 aromatic heterocycles. The second-order valence-corrected chi connectivity index (χ2v) is 6.40. The van der Waals surface area contributed by atoms with Gasteiger partial charge in [0.1, 0.15) is 6.04 Å². The van der Waals surface area contributed by atoms with Crippen molar-refractivity contribution >= 4 is 22.8 Å². The Labute approximate surface area is 146 Å². The first kappa shape index (κ1) is 17.3. The molecule has 25 heavy (non-hydrogen) atoms. The summed E-state index contributed by atoms with van der Waals surface area (Å²) < 4.78 is 5.35. The molecule has 1 aromatic carbocycles. The Morgan fingerprint density at radius 1 is 1.36 bits per heavy atom. The van der Waals surface area contributed by atoms with Gasteiger partial charge in [-0.15, -0.1) is 0 Å². The summed E-state index contributed by atoms with van der Waals surface area (Å²) in [5.74, 6) is -0.374. The summed E-state index contributed by atoms with van der Waals surface area (Å²) in [6.45, 7) is 7.09. The number of hydrogen-bond donors (Lipinski definition) is 3. The third-order valence-electron chi connectivity index (χ3n) is 5.18. The van der Waals surface area contributed by atoms with Crippen LogP contribution in [0.4, 0.5) is 0 Å². The van der Waals surface area contributed by atoms with Crippen molar-refractivity contribution in [3.05, 3.63) is 23.8 Å². The van der Waals surface area contributed by atoms with Crippen LogP contribution in [0.2, 0.25) is 0 Å². The average Bonchev–Trinajstić information content (AvgIpc) is 3.16. The van der Waals surface area contributed by atoms with Gasteiger partial charge < -0.3 is 20.4 Å². The van der Waals surface area contributed by atoms with Crippen LogP contribution in [-0.4, -0.2) is 41.0 Å². The van der Waals surface area contributed by atoms with Crippen molar-refractivity contribution < 1.29 is 14.3 Å². The van der Waals surface area contributed by atoms with Gasteiger partial charge in [-0.1, -0.05) is 13.8 Å². The van der Waals surface area contributed by atoms with Crippen LogP contribution < -0.4 is 15.4 Å². The zero-order valence-corrected chi connectivity index (χ0v) is 14.8. The second kappa shape index (κ2) is 6.74. The van der Waals surface area contributed by atoms with E-state index in [-0.39, 0.29) is 17.2 Å². The highest BCUT2D eigenvalue weighted by Crippen LogP contribution is 2.34. The maximum absolute atomic E-state index is 12.7. The zero-order chi connectivity index (χ0) is 18.0. The highest BCUT2D eigenvalue weighted by molar-refractivity contribution is 6.00. The number of benzene rings is 1. The number of H-pyrrole nitrogens is 1. The van der Waals surface area contributed by atoms with E-state index in [2.05, 4.69) is 34.4 Å². The largest absolute Gasteiger partial charge is 0.465 e. The van der Waals surface area contributed by atoms with E-state index in [4.69, 9.17) is 4.74 Å². The number of fused-ring (bicyclic) bond motifs is 1. The van der Waals surface area contributed by atoms with Crippen LogP contribution in [0.25, 0.3) is 11.0 Å². The molecule has 1 unspecified atom stereocenters. The Morgan fingerprint density at radius 2 is 2.12 bits per heavy atom. The molecular formula is C18H24N4O3. The third-order valence-corrected chi connectivity index (χ3v) is 5.18. The number of hydrogen-bond acceptors (Lipinski definition) is 4. The molecule has 3 rings (SSSR count). The van der Waals surface area contributed by atoms with E-state index in [1.165, 1.54) is 0 Å². The van der Waals surface area contributed by atoms with Crippen LogP contribution in [-0.2, 0) is 4.79 Å². The van der Waals surface area contributed by atoms with Crippen molar-refractivity contribution in [1.29, 1.82) is 0 Å². The molecule has 2 aromatic rings. The predicted molar refractivity (Wildman–Crippen MR) is 94.5 cm³/mol. The van der Waals surface area contributed by atoms with E-state index in [1.807, 2.05) is 6.92 Å². The Balaban J connectivity index is 1.83. The molecule has 1 fully saturated rings. The molecule has 3 N–H and O–H groups in total. The minimum atomic E-state index is -0.508. The van der Waals surface area contributed by atoms with Gasteiger partial charge in [0.25, 0.3) is 11.9 Å². The fourth-order valence-corrected chi connectivity index (χ4v) is 3.42. The van der Waals surface area contributed by atoms with E-state index in [0.29, 0.717) is 24.7 Å². The first-order valence-electron chi connectivity index (χ1n) is 8.74. The number of nitrogens with one attached hydrogen (secondary N) is 3. The lowest BCUT2D eigenvalue weighted by molar-refractivity contribution is -0.121. The SMILES string of the molecule is CCOc1nc2ccc(C(=O)NC3C(=O)NCC3(CC)CC)cc2[nH]1. The van der Waals surface area contributed by atoms with Gasteiger partial charge in [0.05, 0.1) is 17.6 Å². The number of ether oxygens (including phenoxy) is 1. The highest BCUT2D eigenvalue weighted by atomic mass is 16.5. The van der Waals surface area contributed by atoms with Crippen LogP contribution in [0.3, 0.4) is 0 Å². The van der Waals surface area contributed by atoms with Gasteiger partial charge in [-0.25, -0.2) is 0 Å². The van der Waals surface area contributed by atoms with E-state index >= 15 is 0 Å². The minimum absolute atomic E-state index is 0.113. The minimum Gasteiger partial charge on any atom is -0.465 e. The lowest BCUT2D eigenvalue weighted by Gasteiger charge is -2.31. The zero-order valence-electron chi connectivity index (χ0n) is 14.8. The smallest absolute Gasteiger partial charge is 0.294 e. The molecule has 7 heteroatoms. The number of imidazole rings is 1. The lowest BCUT2D eigenvalue weighted by Crippen LogP contribution is -2.48. The maximum Gasteiger partial charge on any atom is 0.294 e. The van der Waals surface area contributed by atoms with Gasteiger partial charge >= 0.3 is 0 Å². The normalized spacial score (nSPS) is 19.0. The van der Waals surface area contributed by atoms with E-state index in [9.17, 15) is 9.59 Å². The summed E-state index contributed by atoms with van der Waals surface area (Å²) >= 11 is 0. The number of amides is 2. The van der Waals surface area contributed by atoms with Crippen molar-refractivity contribution in [3.8, 4) is 6.01 Å². The summed E-state index contributed by atoms with van der Waals surface area (Å²) in [6.07, 6.45) is 1.65. The molecular weight excluding hydrogens is 320 g/mol. The average molecular weight is 344 g/mol. The predicted octanol–water partition coefficient (Wildman–Crippen LogP) is 2.00. The topological polar surface area (TPSA) is 96.1 Å². The summed E-state index contributed by atoms with van der Waals surface area (Å²) in [4.78, 5) is 32.2. The number of carbonyl (C=O) groups excluding carboxylic acids is 2. The number of rotatable bonds is 6. The fourth-order valence-electron chi connectivity index (χ4n) is 3.42. The molecule has 0 aliphatic carbocycles. The van der Waals surface area contributed by atoms with Crippen LogP contribution in [0.15, 0.2) is 18.2 Å². The van der Waals surface area contributed by atoms with Crippen molar-refractivity contribution in [1.82, 2.24) is 20.6 Å². The summed E-state index contributed by atoms with van der Waals surface area (Å²) in [5.41, 5.74) is 1.71. The summed E-state index contributed by atoms with van der Waals surface area (Å²) in [6, 6.07) is 5.13. The Bertz CT molecular complexity index is 795. The van der Waals surface area contributed by atoms with Gasteiger partial charge in [0.15, 0.2) is 0 Å². The van der Waals surface area contributed by atoms with Crippen molar-refractivity contribution in [2.45, 2.75) is 39.7 Å². The lowest BCUT2D eigenvalue weighted by atomic mass is 9.77. The quantitative estimate of drug-likeness (QED) is 0.747. The summed E-state index contributed by atoms with van der Waals surface area (Å²) in [5, 5.41) is 5.80. The second-order valence-electron chi connectivity index (χ2n) is 6.40. The third kappa shape index (κ3) is 3.06. The molecule has 1 aliphatic rings.